The molecule has 19 heavy (non-hydrogen) atoms. The first-order valence-electron chi connectivity index (χ1n) is 5.52. The molecule has 0 atom stereocenters. The van der Waals surface area contributed by atoms with Crippen LogP contribution in [0.25, 0.3) is 0 Å². The molecule has 0 unspecified atom stereocenters. The van der Waals surface area contributed by atoms with Crippen molar-refractivity contribution in [2.45, 2.75) is 26.8 Å². The van der Waals surface area contributed by atoms with Gasteiger partial charge in [0, 0.05) is 20.1 Å². The molecule has 1 heterocycles. The van der Waals surface area contributed by atoms with Gasteiger partial charge in [0.2, 0.25) is 0 Å². The highest BCUT2D eigenvalue weighted by molar-refractivity contribution is 7.90. The van der Waals surface area contributed by atoms with E-state index in [1.807, 2.05) is 0 Å². The molecule has 1 N–H and O–H groups in total. The number of aromatic carboxylic acids is 1. The molecular formula is C10H17N3O4S2. The predicted octanol–water partition coefficient (Wildman–Crippen LogP) is 1.17. The summed E-state index contributed by atoms with van der Waals surface area (Å²) in [5, 5.41) is 9.24. The van der Waals surface area contributed by atoms with Crippen LogP contribution in [0.5, 0.6) is 0 Å². The summed E-state index contributed by atoms with van der Waals surface area (Å²) in [6.45, 7) is 5.01. The fourth-order valence-electron chi connectivity index (χ4n) is 1.38. The highest BCUT2D eigenvalue weighted by Gasteiger charge is 2.31. The van der Waals surface area contributed by atoms with E-state index in [1.54, 1.807) is 13.8 Å². The Morgan fingerprint density at radius 2 is 1.89 bits per heavy atom. The molecule has 1 aromatic rings. The molecule has 9 heteroatoms. The number of rotatable bonds is 5. The minimum absolute atomic E-state index is 0.0757. The number of aryl methyl sites for hydroxylation is 1. The van der Waals surface area contributed by atoms with E-state index in [9.17, 15) is 13.2 Å². The lowest BCUT2D eigenvalue weighted by molar-refractivity contribution is 0.0697. The molecule has 1 aromatic heterocycles. The predicted molar refractivity (Wildman–Crippen MR) is 74.0 cm³/mol. The van der Waals surface area contributed by atoms with E-state index in [0.717, 1.165) is 15.8 Å². The quantitative estimate of drug-likeness (QED) is 0.881. The molecule has 108 valence electrons. The molecule has 0 saturated heterocycles. The van der Waals surface area contributed by atoms with Crippen LogP contribution in [0.2, 0.25) is 0 Å². The second-order valence-corrected chi connectivity index (χ2v) is 7.11. The lowest BCUT2D eigenvalue weighted by atomic mass is 10.2. The summed E-state index contributed by atoms with van der Waals surface area (Å²) in [5.74, 6) is -1.18. The lowest BCUT2D eigenvalue weighted by Gasteiger charge is -2.27. The number of nitrogens with zero attached hydrogens (tertiary/aromatic N) is 3. The number of carboxylic acids is 1. The fraction of sp³-hybridized carbons (Fsp3) is 0.600. The zero-order valence-corrected chi connectivity index (χ0v) is 13.0. The molecule has 7 nitrogen and oxygen atoms in total. The third-order valence-corrected chi connectivity index (χ3v) is 5.94. The SMILES string of the molecule is Cc1nsc(N(C)S(=O)(=O)N(C)C(C)C)c1C(=O)O. The molecule has 0 aromatic carbocycles. The van der Waals surface area contributed by atoms with Crippen LogP contribution in [-0.4, -0.2) is 48.3 Å². The van der Waals surface area contributed by atoms with Crippen molar-refractivity contribution in [1.29, 1.82) is 0 Å². The van der Waals surface area contributed by atoms with Crippen molar-refractivity contribution in [3.05, 3.63) is 11.3 Å². The Hall–Kier alpha value is -1.19. The highest BCUT2D eigenvalue weighted by Crippen LogP contribution is 2.30. The van der Waals surface area contributed by atoms with Gasteiger partial charge in [-0.3, -0.25) is 0 Å². The van der Waals surface area contributed by atoms with Crippen molar-refractivity contribution in [3.63, 3.8) is 0 Å². The molecule has 0 fully saturated rings. The van der Waals surface area contributed by atoms with Gasteiger partial charge >= 0.3 is 16.2 Å². The Balaban J connectivity index is 3.29. The van der Waals surface area contributed by atoms with Gasteiger partial charge in [0.15, 0.2) is 0 Å². The number of anilines is 1. The Kier molecular flexibility index (Phi) is 4.54. The fourth-order valence-corrected chi connectivity index (χ4v) is 3.74. The molecule has 1 rings (SSSR count). The van der Waals surface area contributed by atoms with Crippen LogP contribution in [-0.2, 0) is 10.2 Å². The minimum Gasteiger partial charge on any atom is -0.478 e. The summed E-state index contributed by atoms with van der Waals surface area (Å²) in [5.41, 5.74) is 0.231. The molecule has 0 aliphatic rings. The third-order valence-electron chi connectivity index (χ3n) is 2.78. The normalized spacial score (nSPS) is 12.2. The maximum atomic E-state index is 12.3. The van der Waals surface area contributed by atoms with E-state index in [1.165, 1.54) is 25.3 Å². The zero-order valence-electron chi connectivity index (χ0n) is 11.4. The second-order valence-electron chi connectivity index (χ2n) is 4.34. The van der Waals surface area contributed by atoms with Crippen molar-refractivity contribution in [2.24, 2.45) is 0 Å². The Morgan fingerprint density at radius 1 is 1.37 bits per heavy atom. The average Bonchev–Trinajstić information content (AvgIpc) is 2.68. The number of aromatic nitrogens is 1. The van der Waals surface area contributed by atoms with E-state index in [4.69, 9.17) is 5.11 Å². The number of hydrogen-bond acceptors (Lipinski definition) is 5. The summed E-state index contributed by atoms with van der Waals surface area (Å²) < 4.78 is 30.6. The van der Waals surface area contributed by atoms with Gasteiger partial charge in [-0.2, -0.15) is 17.1 Å². The first-order chi connectivity index (χ1) is 8.60. The summed E-state index contributed by atoms with van der Waals surface area (Å²) in [7, 11) is -0.984. The molecular weight excluding hydrogens is 290 g/mol. The second kappa shape index (κ2) is 5.43. The summed E-state index contributed by atoms with van der Waals surface area (Å²) >= 11 is 0.858. The molecule has 0 saturated carbocycles. The van der Waals surface area contributed by atoms with Crippen molar-refractivity contribution in [2.75, 3.05) is 18.4 Å². The van der Waals surface area contributed by atoms with E-state index in [2.05, 4.69) is 4.37 Å². The van der Waals surface area contributed by atoms with E-state index in [-0.39, 0.29) is 16.6 Å². The van der Waals surface area contributed by atoms with Crippen LogP contribution in [0.3, 0.4) is 0 Å². The Labute approximate surface area is 116 Å². The summed E-state index contributed by atoms with van der Waals surface area (Å²) in [6, 6.07) is -0.227. The van der Waals surface area contributed by atoms with Crippen molar-refractivity contribution < 1.29 is 18.3 Å². The Bertz CT molecular complexity index is 580. The van der Waals surface area contributed by atoms with Crippen LogP contribution < -0.4 is 4.31 Å². The number of carbonyl (C=O) groups is 1. The molecule has 0 aliphatic carbocycles. The number of carboxylic acid groups (broad SMARTS) is 1. The maximum Gasteiger partial charge on any atom is 0.340 e. The largest absolute Gasteiger partial charge is 0.478 e. The van der Waals surface area contributed by atoms with Crippen LogP contribution >= 0.6 is 11.5 Å². The molecule has 0 amide bonds. The zero-order chi connectivity index (χ0) is 15.0. The van der Waals surface area contributed by atoms with Gasteiger partial charge in [-0.25, -0.2) is 9.10 Å². The first kappa shape index (κ1) is 15.9. The third kappa shape index (κ3) is 2.88. The lowest BCUT2D eigenvalue weighted by Crippen LogP contribution is -2.43. The van der Waals surface area contributed by atoms with Crippen molar-refractivity contribution >= 4 is 32.7 Å². The van der Waals surface area contributed by atoms with Gasteiger partial charge in [0.25, 0.3) is 0 Å². The van der Waals surface area contributed by atoms with E-state index < -0.39 is 16.2 Å². The monoisotopic (exact) mass is 307 g/mol. The van der Waals surface area contributed by atoms with Crippen LogP contribution in [0.1, 0.15) is 29.9 Å². The standard InChI is InChI=1S/C10H17N3O4S2/c1-6(2)12(4)19(16,17)13(5)9-8(10(14)15)7(3)11-18-9/h6H,1-5H3,(H,14,15). The van der Waals surface area contributed by atoms with E-state index in [0.29, 0.717) is 5.69 Å². The van der Waals surface area contributed by atoms with E-state index >= 15 is 0 Å². The molecule has 0 bridgehead atoms. The smallest absolute Gasteiger partial charge is 0.340 e. The van der Waals surface area contributed by atoms with Crippen LogP contribution in [0, 0.1) is 6.92 Å². The molecule has 0 radical (unpaired) electrons. The molecule has 0 aliphatic heterocycles. The highest BCUT2D eigenvalue weighted by atomic mass is 32.2. The van der Waals surface area contributed by atoms with Gasteiger partial charge in [-0.15, -0.1) is 0 Å². The van der Waals surface area contributed by atoms with Gasteiger partial charge in [0.05, 0.1) is 5.69 Å². The topological polar surface area (TPSA) is 90.8 Å². The number of hydrogen-bond donors (Lipinski definition) is 1. The first-order valence-corrected chi connectivity index (χ1v) is 7.69. The summed E-state index contributed by atoms with van der Waals surface area (Å²) in [6.07, 6.45) is 0. The average molecular weight is 307 g/mol. The van der Waals surface area contributed by atoms with Gasteiger partial charge in [0.1, 0.15) is 10.6 Å². The van der Waals surface area contributed by atoms with Gasteiger partial charge in [-0.1, -0.05) is 0 Å². The van der Waals surface area contributed by atoms with Crippen LogP contribution in [0.4, 0.5) is 5.00 Å². The van der Waals surface area contributed by atoms with Crippen molar-refractivity contribution in [1.82, 2.24) is 8.68 Å². The summed E-state index contributed by atoms with van der Waals surface area (Å²) in [4.78, 5) is 11.2. The van der Waals surface area contributed by atoms with Crippen LogP contribution in [0.15, 0.2) is 0 Å². The minimum atomic E-state index is -3.76. The van der Waals surface area contributed by atoms with Gasteiger partial charge < -0.3 is 5.11 Å². The Morgan fingerprint density at radius 3 is 2.32 bits per heavy atom. The van der Waals surface area contributed by atoms with Crippen molar-refractivity contribution in [3.8, 4) is 0 Å². The maximum absolute atomic E-state index is 12.3. The van der Waals surface area contributed by atoms with Gasteiger partial charge in [-0.05, 0) is 32.3 Å². The molecule has 0 spiro atoms.